The van der Waals surface area contributed by atoms with E-state index >= 15 is 0 Å². The van der Waals surface area contributed by atoms with Crippen LogP contribution in [0.4, 0.5) is 0 Å². The van der Waals surface area contributed by atoms with Gasteiger partial charge in [0.15, 0.2) is 0 Å². The van der Waals surface area contributed by atoms with Crippen LogP contribution >= 0.6 is 0 Å². The van der Waals surface area contributed by atoms with Crippen molar-refractivity contribution in [2.45, 2.75) is 46.5 Å². The van der Waals surface area contributed by atoms with E-state index in [1.54, 1.807) is 13.8 Å². The summed E-state index contributed by atoms with van der Waals surface area (Å²) in [5, 5.41) is 2.61. The molecule has 0 rings (SSSR count). The Morgan fingerprint density at radius 1 is 0.941 bits per heavy atom. The lowest BCUT2D eigenvalue weighted by Crippen LogP contribution is -2.21. The molecule has 17 heavy (non-hydrogen) atoms. The molecular formula is C12H24N2O3. The van der Waals surface area contributed by atoms with E-state index in [4.69, 9.17) is 5.73 Å². The quantitative estimate of drug-likeness (QED) is 0.648. The van der Waals surface area contributed by atoms with Gasteiger partial charge in [-0.15, -0.1) is 0 Å². The second kappa shape index (κ2) is 12.8. The summed E-state index contributed by atoms with van der Waals surface area (Å²) >= 11 is 0. The average Bonchev–Trinajstić information content (AvgIpc) is 2.22. The van der Waals surface area contributed by atoms with Crippen LogP contribution in [-0.2, 0) is 14.4 Å². The maximum Gasteiger partial charge on any atom is 0.216 e. The number of rotatable bonds is 7. The first-order chi connectivity index (χ1) is 7.90. The van der Waals surface area contributed by atoms with Gasteiger partial charge < -0.3 is 20.6 Å². The van der Waals surface area contributed by atoms with Gasteiger partial charge in [0.1, 0.15) is 11.6 Å². The monoisotopic (exact) mass is 244 g/mol. The van der Waals surface area contributed by atoms with Crippen LogP contribution in [0.2, 0.25) is 0 Å². The van der Waals surface area contributed by atoms with Crippen molar-refractivity contribution >= 4 is 17.5 Å². The van der Waals surface area contributed by atoms with Gasteiger partial charge >= 0.3 is 0 Å². The van der Waals surface area contributed by atoms with E-state index in [9.17, 15) is 14.4 Å². The highest BCUT2D eigenvalue weighted by Gasteiger charge is 1.93. The average molecular weight is 244 g/mol. The second-order valence-electron chi connectivity index (χ2n) is 3.88. The smallest absolute Gasteiger partial charge is 0.216 e. The molecule has 5 heteroatoms. The lowest BCUT2D eigenvalue weighted by Gasteiger charge is -1.98. The van der Waals surface area contributed by atoms with Crippen molar-refractivity contribution in [2.75, 3.05) is 13.1 Å². The molecule has 0 spiro atoms. The van der Waals surface area contributed by atoms with Crippen LogP contribution in [0, 0.1) is 0 Å². The molecule has 0 aliphatic rings. The second-order valence-corrected chi connectivity index (χ2v) is 3.88. The van der Waals surface area contributed by atoms with Crippen LogP contribution in [-0.4, -0.2) is 30.6 Å². The molecule has 0 heterocycles. The van der Waals surface area contributed by atoms with E-state index in [1.807, 2.05) is 0 Å². The van der Waals surface area contributed by atoms with Crippen LogP contribution in [0.25, 0.3) is 0 Å². The van der Waals surface area contributed by atoms with Crippen molar-refractivity contribution < 1.29 is 14.4 Å². The van der Waals surface area contributed by atoms with Gasteiger partial charge in [-0.3, -0.25) is 4.79 Å². The van der Waals surface area contributed by atoms with E-state index in [1.165, 1.54) is 6.92 Å². The molecule has 0 aliphatic carbocycles. The van der Waals surface area contributed by atoms with Crippen molar-refractivity contribution in [2.24, 2.45) is 5.73 Å². The normalized spacial score (nSPS) is 8.94. The Hall–Kier alpha value is -1.23. The zero-order valence-electron chi connectivity index (χ0n) is 11.0. The van der Waals surface area contributed by atoms with E-state index < -0.39 is 0 Å². The predicted molar refractivity (Wildman–Crippen MR) is 67.6 cm³/mol. The van der Waals surface area contributed by atoms with Gasteiger partial charge in [0, 0.05) is 26.3 Å². The summed E-state index contributed by atoms with van der Waals surface area (Å²) in [6.07, 6.45) is 2.76. The number of hydrogen-bond acceptors (Lipinski definition) is 4. The molecule has 0 radical (unpaired) electrons. The fraction of sp³-hybridized carbons (Fsp3) is 0.750. The summed E-state index contributed by atoms with van der Waals surface area (Å²) in [5.41, 5.74) is 5.12. The van der Waals surface area contributed by atoms with E-state index in [-0.39, 0.29) is 17.5 Å². The van der Waals surface area contributed by atoms with Crippen LogP contribution in [0.5, 0.6) is 0 Å². The molecule has 0 fully saturated rings. The Morgan fingerprint density at radius 3 is 1.71 bits per heavy atom. The third-order valence-electron chi connectivity index (χ3n) is 1.81. The minimum atomic E-state index is -0.0384. The van der Waals surface area contributed by atoms with Crippen molar-refractivity contribution in [3.8, 4) is 0 Å². The minimum Gasteiger partial charge on any atom is -0.356 e. The van der Waals surface area contributed by atoms with E-state index in [0.29, 0.717) is 25.9 Å². The van der Waals surface area contributed by atoms with Gasteiger partial charge in [-0.2, -0.15) is 0 Å². The van der Waals surface area contributed by atoms with Gasteiger partial charge in [0.2, 0.25) is 5.91 Å². The highest BCUT2D eigenvalue weighted by atomic mass is 16.1. The number of carbonyl (C=O) groups is 3. The summed E-state index contributed by atoms with van der Waals surface area (Å²) in [5.74, 6) is 0.361. The molecule has 0 bridgehead atoms. The highest BCUT2D eigenvalue weighted by Crippen LogP contribution is 1.87. The van der Waals surface area contributed by atoms with Crippen LogP contribution in [0.3, 0.4) is 0 Å². The summed E-state index contributed by atoms with van der Waals surface area (Å²) in [4.78, 5) is 30.8. The Morgan fingerprint density at radius 2 is 1.41 bits per heavy atom. The molecule has 100 valence electrons. The van der Waals surface area contributed by atoms with Gasteiger partial charge in [0.25, 0.3) is 0 Å². The molecule has 3 N–H and O–H groups in total. The van der Waals surface area contributed by atoms with Crippen molar-refractivity contribution in [1.82, 2.24) is 5.32 Å². The zero-order chi connectivity index (χ0) is 13.7. The number of hydrogen-bond donors (Lipinski definition) is 2. The number of amides is 1. The number of Topliss-reactive ketones (excluding diaryl/α,β-unsaturated/α-hetero) is 2. The first-order valence-corrected chi connectivity index (χ1v) is 5.83. The van der Waals surface area contributed by atoms with Crippen LogP contribution in [0.15, 0.2) is 0 Å². The Balaban J connectivity index is 0. The van der Waals surface area contributed by atoms with Crippen molar-refractivity contribution in [3.05, 3.63) is 0 Å². The number of nitrogens with two attached hydrogens (primary N) is 1. The van der Waals surface area contributed by atoms with Gasteiger partial charge in [-0.25, -0.2) is 0 Å². The molecule has 0 saturated carbocycles. The Bertz CT molecular complexity index is 224. The van der Waals surface area contributed by atoms with E-state index in [2.05, 4.69) is 5.32 Å². The van der Waals surface area contributed by atoms with Gasteiger partial charge in [-0.1, -0.05) is 0 Å². The third-order valence-corrected chi connectivity index (χ3v) is 1.81. The summed E-state index contributed by atoms with van der Waals surface area (Å²) in [7, 11) is 0. The molecule has 0 unspecified atom stereocenters. The Kier molecular flexibility index (Phi) is 13.7. The SMILES string of the molecule is CC(=O)CCCN.CC(=O)CCCNC(C)=O. The maximum atomic E-state index is 10.4. The summed E-state index contributed by atoms with van der Waals surface area (Å²) < 4.78 is 0. The first kappa shape index (κ1) is 18.1. The lowest BCUT2D eigenvalue weighted by atomic mass is 10.2. The minimum absolute atomic E-state index is 0.0384. The highest BCUT2D eigenvalue weighted by molar-refractivity contribution is 5.76. The number of ketones is 2. The fourth-order valence-electron chi connectivity index (χ4n) is 0.953. The van der Waals surface area contributed by atoms with E-state index in [0.717, 1.165) is 12.8 Å². The summed E-state index contributed by atoms with van der Waals surface area (Å²) in [6, 6.07) is 0. The topological polar surface area (TPSA) is 89.3 Å². The molecule has 0 aromatic rings. The molecule has 0 aliphatic heterocycles. The van der Waals surface area contributed by atoms with Gasteiger partial charge in [0.05, 0.1) is 0 Å². The predicted octanol–water partition coefficient (Wildman–Crippen LogP) is 0.806. The third kappa shape index (κ3) is 25.2. The van der Waals surface area contributed by atoms with Crippen LogP contribution in [0.1, 0.15) is 46.5 Å². The molecule has 0 aromatic heterocycles. The molecule has 1 amide bonds. The van der Waals surface area contributed by atoms with Crippen LogP contribution < -0.4 is 11.1 Å². The number of nitrogens with one attached hydrogen (secondary N) is 1. The zero-order valence-corrected chi connectivity index (χ0v) is 11.0. The number of carbonyl (C=O) groups excluding carboxylic acids is 3. The maximum absolute atomic E-state index is 10.4. The van der Waals surface area contributed by atoms with Crippen molar-refractivity contribution in [1.29, 1.82) is 0 Å². The Labute approximate surface area is 103 Å². The van der Waals surface area contributed by atoms with Crippen molar-refractivity contribution in [3.63, 3.8) is 0 Å². The molecular weight excluding hydrogens is 220 g/mol. The summed E-state index contributed by atoms with van der Waals surface area (Å²) in [6.45, 7) is 5.83. The molecule has 0 saturated heterocycles. The molecule has 5 nitrogen and oxygen atoms in total. The standard InChI is InChI=1S/C7H13NO2.C5H11NO/c1-6(9)4-3-5-8-7(2)10;1-5(7)3-2-4-6/h3-5H2,1-2H3,(H,8,10);2-4,6H2,1H3. The fourth-order valence-corrected chi connectivity index (χ4v) is 0.953. The first-order valence-electron chi connectivity index (χ1n) is 5.83. The lowest BCUT2D eigenvalue weighted by molar-refractivity contribution is -0.120. The molecule has 0 aromatic carbocycles. The molecule has 0 atom stereocenters. The van der Waals surface area contributed by atoms with Gasteiger partial charge in [-0.05, 0) is 33.2 Å². The largest absolute Gasteiger partial charge is 0.356 e.